The van der Waals surface area contributed by atoms with Crippen LogP contribution in [0.3, 0.4) is 0 Å². The van der Waals surface area contributed by atoms with Crippen molar-refractivity contribution in [3.05, 3.63) is 0 Å². The number of nitrogens with zero attached hydrogens (tertiary/aromatic N) is 1. The van der Waals surface area contributed by atoms with Crippen LogP contribution in [-0.2, 0) is 10.2 Å². The molecule has 0 aromatic carbocycles. The fourth-order valence-electron chi connectivity index (χ4n) is 2.50. The van der Waals surface area contributed by atoms with Gasteiger partial charge in [0.1, 0.15) is 0 Å². The Morgan fingerprint density at radius 1 is 1.24 bits per heavy atom. The van der Waals surface area contributed by atoms with Gasteiger partial charge < -0.3 is 5.32 Å². The van der Waals surface area contributed by atoms with E-state index in [1.54, 1.807) is 4.31 Å². The molecule has 5 nitrogen and oxygen atoms in total. The normalized spacial score (nSPS) is 21.9. The molecule has 0 aliphatic carbocycles. The summed E-state index contributed by atoms with van der Waals surface area (Å²) in [5.74, 6) is 0. The van der Waals surface area contributed by atoms with Crippen LogP contribution in [0.1, 0.15) is 60.3 Å². The molecule has 1 heterocycles. The number of hydrogen-bond acceptors (Lipinski definition) is 3. The molecule has 0 radical (unpaired) electrons. The van der Waals surface area contributed by atoms with Gasteiger partial charge in [-0.1, -0.05) is 41.0 Å². The Morgan fingerprint density at radius 2 is 1.90 bits per heavy atom. The zero-order valence-electron chi connectivity index (χ0n) is 14.3. The lowest BCUT2D eigenvalue weighted by Crippen LogP contribution is -2.53. The highest BCUT2D eigenvalue weighted by molar-refractivity contribution is 7.87. The van der Waals surface area contributed by atoms with E-state index in [4.69, 9.17) is 0 Å². The largest absolute Gasteiger partial charge is 0.313 e. The highest BCUT2D eigenvalue weighted by atomic mass is 32.2. The summed E-state index contributed by atoms with van der Waals surface area (Å²) in [6, 6.07) is 0.457. The Morgan fingerprint density at radius 3 is 2.48 bits per heavy atom. The molecule has 0 amide bonds. The summed E-state index contributed by atoms with van der Waals surface area (Å²) >= 11 is 0. The summed E-state index contributed by atoms with van der Waals surface area (Å²) in [4.78, 5) is 0. The molecule has 6 heteroatoms. The molecule has 1 rings (SSSR count). The van der Waals surface area contributed by atoms with Crippen LogP contribution in [-0.4, -0.2) is 44.4 Å². The van der Waals surface area contributed by atoms with Gasteiger partial charge in [0.15, 0.2) is 0 Å². The van der Waals surface area contributed by atoms with Crippen LogP contribution in [0.5, 0.6) is 0 Å². The van der Waals surface area contributed by atoms with Gasteiger partial charge in [-0.2, -0.15) is 12.7 Å². The number of rotatable bonds is 7. The number of piperidine rings is 1. The topological polar surface area (TPSA) is 61.4 Å². The highest BCUT2D eigenvalue weighted by Crippen LogP contribution is 2.21. The van der Waals surface area contributed by atoms with Crippen molar-refractivity contribution >= 4 is 10.2 Å². The van der Waals surface area contributed by atoms with Gasteiger partial charge in [-0.3, -0.25) is 0 Å². The van der Waals surface area contributed by atoms with Crippen LogP contribution in [0.15, 0.2) is 0 Å². The van der Waals surface area contributed by atoms with E-state index in [1.807, 2.05) is 0 Å². The molecule has 0 aromatic rings. The van der Waals surface area contributed by atoms with E-state index in [1.165, 1.54) is 0 Å². The minimum atomic E-state index is -3.36. The van der Waals surface area contributed by atoms with Crippen LogP contribution < -0.4 is 10.0 Å². The van der Waals surface area contributed by atoms with Gasteiger partial charge in [0.05, 0.1) is 0 Å². The third kappa shape index (κ3) is 7.08. The molecule has 1 saturated heterocycles. The first kappa shape index (κ1) is 18.9. The molecule has 126 valence electrons. The molecule has 0 bridgehead atoms. The zero-order chi connectivity index (χ0) is 16.1. The lowest BCUT2D eigenvalue weighted by atomic mass is 9.93. The van der Waals surface area contributed by atoms with Gasteiger partial charge >= 0.3 is 0 Å². The highest BCUT2D eigenvalue weighted by Gasteiger charge is 2.32. The Balaban J connectivity index is 2.60. The van der Waals surface area contributed by atoms with Gasteiger partial charge in [0, 0.05) is 31.7 Å². The Bertz CT molecular complexity index is 402. The van der Waals surface area contributed by atoms with Crippen LogP contribution >= 0.6 is 0 Å². The van der Waals surface area contributed by atoms with Crippen molar-refractivity contribution in [3.8, 4) is 0 Å². The van der Waals surface area contributed by atoms with E-state index in [0.717, 1.165) is 32.2 Å². The van der Waals surface area contributed by atoms with Gasteiger partial charge in [0.2, 0.25) is 0 Å². The monoisotopic (exact) mass is 319 g/mol. The molecular formula is C15H33N3O2S. The fraction of sp³-hybridized carbons (Fsp3) is 1.00. The van der Waals surface area contributed by atoms with Crippen LogP contribution in [0.25, 0.3) is 0 Å². The maximum Gasteiger partial charge on any atom is 0.279 e. The second-order valence-corrected chi connectivity index (χ2v) is 9.24. The molecule has 0 saturated carbocycles. The number of nitrogens with one attached hydrogen (secondary N) is 2. The first-order valence-electron chi connectivity index (χ1n) is 8.11. The molecule has 1 atom stereocenters. The third-order valence-corrected chi connectivity index (χ3v) is 5.47. The van der Waals surface area contributed by atoms with Crippen molar-refractivity contribution in [1.29, 1.82) is 0 Å². The van der Waals surface area contributed by atoms with E-state index < -0.39 is 10.2 Å². The number of hydrogen-bond donors (Lipinski definition) is 2. The van der Waals surface area contributed by atoms with Crippen molar-refractivity contribution in [1.82, 2.24) is 14.3 Å². The van der Waals surface area contributed by atoms with E-state index in [2.05, 4.69) is 44.7 Å². The quantitative estimate of drug-likeness (QED) is 0.755. The van der Waals surface area contributed by atoms with E-state index in [9.17, 15) is 8.42 Å². The maximum absolute atomic E-state index is 12.5. The average Bonchev–Trinajstić information content (AvgIpc) is 2.34. The van der Waals surface area contributed by atoms with Crippen molar-refractivity contribution in [3.63, 3.8) is 0 Å². The zero-order valence-corrected chi connectivity index (χ0v) is 15.1. The second-order valence-electron chi connectivity index (χ2n) is 7.53. The summed E-state index contributed by atoms with van der Waals surface area (Å²) in [7, 11) is -3.36. The first-order chi connectivity index (χ1) is 9.62. The van der Waals surface area contributed by atoms with Gasteiger partial charge in [-0.05, 0) is 24.7 Å². The lowest BCUT2D eigenvalue weighted by molar-refractivity contribution is 0.238. The summed E-state index contributed by atoms with van der Waals surface area (Å²) < 4.78 is 29.5. The lowest BCUT2D eigenvalue weighted by Gasteiger charge is -2.35. The molecule has 2 N–H and O–H groups in total. The Hall–Kier alpha value is -0.170. The molecule has 1 aliphatic heterocycles. The van der Waals surface area contributed by atoms with Gasteiger partial charge in [0.25, 0.3) is 10.2 Å². The minimum absolute atomic E-state index is 0.0771. The summed E-state index contributed by atoms with van der Waals surface area (Å²) in [6.07, 6.45) is 3.85. The van der Waals surface area contributed by atoms with Crippen molar-refractivity contribution in [2.45, 2.75) is 72.4 Å². The van der Waals surface area contributed by atoms with E-state index >= 15 is 0 Å². The molecule has 1 unspecified atom stereocenters. The van der Waals surface area contributed by atoms with Crippen molar-refractivity contribution in [2.24, 2.45) is 5.41 Å². The Kier molecular flexibility index (Phi) is 7.10. The SMILES string of the molecule is CC(C)NCC1CCCCN1S(=O)(=O)NCCC(C)(C)C. The molecule has 21 heavy (non-hydrogen) atoms. The third-order valence-electron chi connectivity index (χ3n) is 3.80. The van der Waals surface area contributed by atoms with Crippen LogP contribution in [0.2, 0.25) is 0 Å². The predicted octanol–water partition coefficient (Wildman–Crippen LogP) is 2.11. The summed E-state index contributed by atoms with van der Waals surface area (Å²) in [5, 5.41) is 3.36. The molecule has 1 fully saturated rings. The second kappa shape index (κ2) is 7.90. The summed E-state index contributed by atoms with van der Waals surface area (Å²) in [6.45, 7) is 12.4. The molecule has 1 aliphatic rings. The van der Waals surface area contributed by atoms with Gasteiger partial charge in [-0.15, -0.1) is 0 Å². The fourth-order valence-corrected chi connectivity index (χ4v) is 3.97. The van der Waals surface area contributed by atoms with Crippen molar-refractivity contribution in [2.75, 3.05) is 19.6 Å². The maximum atomic E-state index is 12.5. The van der Waals surface area contributed by atoms with Crippen LogP contribution in [0, 0.1) is 5.41 Å². The molecule has 0 spiro atoms. The average molecular weight is 320 g/mol. The first-order valence-corrected chi connectivity index (χ1v) is 9.56. The summed E-state index contributed by atoms with van der Waals surface area (Å²) in [5.41, 5.74) is 0.142. The Labute approximate surface area is 131 Å². The van der Waals surface area contributed by atoms with E-state index in [-0.39, 0.29) is 11.5 Å². The van der Waals surface area contributed by atoms with Gasteiger partial charge in [-0.25, -0.2) is 4.72 Å². The van der Waals surface area contributed by atoms with E-state index in [0.29, 0.717) is 19.1 Å². The smallest absolute Gasteiger partial charge is 0.279 e. The standard InChI is InChI=1S/C15H33N3O2S/c1-13(2)16-12-14-8-6-7-11-18(14)21(19,20)17-10-9-15(3,4)5/h13-14,16-17H,6-12H2,1-5H3. The molecular weight excluding hydrogens is 286 g/mol. The minimum Gasteiger partial charge on any atom is -0.313 e. The molecule has 0 aromatic heterocycles. The van der Waals surface area contributed by atoms with Crippen LogP contribution in [0.4, 0.5) is 0 Å². The van der Waals surface area contributed by atoms with Crippen molar-refractivity contribution < 1.29 is 8.42 Å². The predicted molar refractivity (Wildman–Crippen MR) is 88.5 cm³/mol.